The van der Waals surface area contributed by atoms with Crippen molar-refractivity contribution in [2.45, 2.75) is 65.2 Å². The van der Waals surface area contributed by atoms with E-state index in [-0.39, 0.29) is 0 Å². The number of unbranched alkanes of at least 4 members (excludes halogenated alkanes) is 2. The summed E-state index contributed by atoms with van der Waals surface area (Å²) in [4.78, 5) is 10.9. The molecule has 0 aromatic heterocycles. The summed E-state index contributed by atoms with van der Waals surface area (Å²) in [6.45, 7) is 5.07. The second kappa shape index (κ2) is 7.78. The Morgan fingerprint density at radius 1 is 1.17 bits per heavy atom. The van der Waals surface area contributed by atoms with Crippen LogP contribution in [0.25, 0.3) is 0 Å². The van der Waals surface area contributed by atoms with Gasteiger partial charge in [0.1, 0.15) is 0 Å². The van der Waals surface area contributed by atoms with Crippen molar-refractivity contribution in [2.24, 2.45) is 11.3 Å². The zero-order chi connectivity index (χ0) is 13.4. The summed E-state index contributed by atoms with van der Waals surface area (Å²) in [6.07, 6.45) is 9.61. The van der Waals surface area contributed by atoms with Crippen LogP contribution in [-0.4, -0.2) is 24.3 Å². The first-order chi connectivity index (χ1) is 8.52. The van der Waals surface area contributed by atoms with E-state index in [0.29, 0.717) is 13.0 Å². The molecule has 0 aromatic rings. The molecule has 1 aliphatic carbocycles. The van der Waals surface area contributed by atoms with Crippen LogP contribution >= 0.6 is 0 Å². The number of hydrogen-bond donors (Lipinski definition) is 1. The minimum Gasteiger partial charge on any atom is -0.481 e. The second-order valence-corrected chi connectivity index (χ2v) is 6.20. The van der Waals surface area contributed by atoms with Crippen LogP contribution in [0.3, 0.4) is 0 Å². The zero-order valence-corrected chi connectivity index (χ0v) is 11.9. The Labute approximate surface area is 111 Å². The van der Waals surface area contributed by atoms with E-state index in [1.807, 2.05) is 0 Å². The molecule has 1 saturated carbocycles. The lowest BCUT2D eigenvalue weighted by Gasteiger charge is -2.18. The zero-order valence-electron chi connectivity index (χ0n) is 11.9. The molecule has 1 fully saturated rings. The molecule has 0 radical (unpaired) electrons. The van der Waals surface area contributed by atoms with Crippen molar-refractivity contribution in [2.75, 3.05) is 13.2 Å². The lowest BCUT2D eigenvalue weighted by atomic mass is 9.88. The molecule has 106 valence electrons. The predicted molar refractivity (Wildman–Crippen MR) is 72.7 cm³/mol. The monoisotopic (exact) mass is 256 g/mol. The summed E-state index contributed by atoms with van der Waals surface area (Å²) in [7, 11) is 0. The van der Waals surface area contributed by atoms with Gasteiger partial charge in [-0.3, -0.25) is 4.79 Å². The predicted octanol–water partition coefficient (Wildman–Crippen LogP) is 3.86. The topological polar surface area (TPSA) is 46.5 Å². The van der Waals surface area contributed by atoms with E-state index in [1.165, 1.54) is 32.1 Å². The maximum atomic E-state index is 10.9. The Hall–Kier alpha value is -0.570. The van der Waals surface area contributed by atoms with Gasteiger partial charge in [0, 0.05) is 13.2 Å². The van der Waals surface area contributed by atoms with Crippen LogP contribution < -0.4 is 0 Å². The fourth-order valence-corrected chi connectivity index (χ4v) is 2.05. The maximum absolute atomic E-state index is 10.9. The Bertz CT molecular complexity index is 244. The highest BCUT2D eigenvalue weighted by molar-refractivity contribution is 5.73. The first kappa shape index (κ1) is 15.5. The van der Waals surface area contributed by atoms with Crippen LogP contribution in [0.5, 0.6) is 0 Å². The van der Waals surface area contributed by atoms with E-state index in [2.05, 4.69) is 0 Å². The number of ether oxygens (including phenoxy) is 1. The molecule has 1 aliphatic rings. The summed E-state index contributed by atoms with van der Waals surface area (Å²) in [6, 6.07) is 0. The van der Waals surface area contributed by atoms with Crippen molar-refractivity contribution in [3.05, 3.63) is 0 Å². The van der Waals surface area contributed by atoms with Gasteiger partial charge in [-0.25, -0.2) is 0 Å². The average Bonchev–Trinajstić information content (AvgIpc) is 3.10. The fraction of sp³-hybridized carbons (Fsp3) is 0.933. The molecule has 0 heterocycles. The second-order valence-electron chi connectivity index (χ2n) is 6.20. The Kier molecular flexibility index (Phi) is 6.69. The molecule has 3 nitrogen and oxygen atoms in total. The number of rotatable bonds is 11. The van der Waals surface area contributed by atoms with Gasteiger partial charge >= 0.3 is 5.97 Å². The molecule has 0 unspecified atom stereocenters. The summed E-state index contributed by atoms with van der Waals surface area (Å²) >= 11 is 0. The Morgan fingerprint density at radius 3 is 2.44 bits per heavy atom. The standard InChI is InChI=1S/C15H28O3/c1-15(2,14(16)17)10-6-12-18-11-5-3-4-7-13-8-9-13/h13H,3-12H2,1-2H3,(H,16,17). The smallest absolute Gasteiger partial charge is 0.309 e. The molecular formula is C15H28O3. The molecule has 0 bridgehead atoms. The minimum absolute atomic E-state index is 0.617. The van der Waals surface area contributed by atoms with Gasteiger partial charge in [-0.15, -0.1) is 0 Å². The highest BCUT2D eigenvalue weighted by Crippen LogP contribution is 2.33. The lowest BCUT2D eigenvalue weighted by Crippen LogP contribution is -2.23. The summed E-state index contributed by atoms with van der Waals surface area (Å²) in [5.74, 6) is 0.326. The van der Waals surface area contributed by atoms with Crippen molar-refractivity contribution < 1.29 is 14.6 Å². The molecule has 0 atom stereocenters. The van der Waals surface area contributed by atoms with Crippen LogP contribution in [0.1, 0.15) is 65.2 Å². The number of carboxylic acid groups (broad SMARTS) is 1. The third kappa shape index (κ3) is 7.00. The molecule has 0 aliphatic heterocycles. The largest absolute Gasteiger partial charge is 0.481 e. The van der Waals surface area contributed by atoms with Gasteiger partial charge in [-0.05, 0) is 39.0 Å². The highest BCUT2D eigenvalue weighted by Gasteiger charge is 2.26. The van der Waals surface area contributed by atoms with Crippen molar-refractivity contribution in [1.29, 1.82) is 0 Å². The highest BCUT2D eigenvalue weighted by atomic mass is 16.5. The van der Waals surface area contributed by atoms with E-state index in [1.54, 1.807) is 13.8 Å². The SMILES string of the molecule is CC(C)(CCCOCCCCCC1CC1)C(=O)O. The van der Waals surface area contributed by atoms with Gasteiger partial charge in [0.15, 0.2) is 0 Å². The lowest BCUT2D eigenvalue weighted by molar-refractivity contribution is -0.147. The normalized spacial score (nSPS) is 15.9. The van der Waals surface area contributed by atoms with Crippen LogP contribution in [-0.2, 0) is 9.53 Å². The van der Waals surface area contributed by atoms with Crippen LogP contribution in [0.15, 0.2) is 0 Å². The summed E-state index contributed by atoms with van der Waals surface area (Å²) in [5, 5.41) is 8.95. The quantitative estimate of drug-likeness (QED) is 0.571. The molecule has 0 amide bonds. The number of carboxylic acids is 1. The van der Waals surface area contributed by atoms with Gasteiger partial charge in [0.2, 0.25) is 0 Å². The number of aliphatic carboxylic acids is 1. The van der Waals surface area contributed by atoms with E-state index in [9.17, 15) is 4.79 Å². The van der Waals surface area contributed by atoms with Crippen molar-refractivity contribution in [1.82, 2.24) is 0 Å². The van der Waals surface area contributed by atoms with Gasteiger partial charge in [0.05, 0.1) is 5.41 Å². The van der Waals surface area contributed by atoms with Crippen LogP contribution in [0, 0.1) is 11.3 Å². The Balaban J connectivity index is 1.81. The summed E-state index contributed by atoms with van der Waals surface area (Å²) in [5.41, 5.74) is -0.617. The molecule has 18 heavy (non-hydrogen) atoms. The summed E-state index contributed by atoms with van der Waals surface area (Å²) < 4.78 is 5.54. The molecule has 0 spiro atoms. The first-order valence-corrected chi connectivity index (χ1v) is 7.33. The minimum atomic E-state index is -0.720. The van der Waals surface area contributed by atoms with E-state index in [0.717, 1.165) is 25.4 Å². The number of carbonyl (C=O) groups is 1. The third-order valence-electron chi connectivity index (χ3n) is 3.77. The molecule has 3 heteroatoms. The van der Waals surface area contributed by atoms with E-state index < -0.39 is 11.4 Å². The van der Waals surface area contributed by atoms with Crippen LogP contribution in [0.2, 0.25) is 0 Å². The van der Waals surface area contributed by atoms with Gasteiger partial charge in [0.25, 0.3) is 0 Å². The average molecular weight is 256 g/mol. The Morgan fingerprint density at radius 2 is 1.83 bits per heavy atom. The van der Waals surface area contributed by atoms with Gasteiger partial charge in [-0.1, -0.05) is 32.1 Å². The maximum Gasteiger partial charge on any atom is 0.309 e. The molecule has 1 rings (SSSR count). The van der Waals surface area contributed by atoms with Crippen LogP contribution in [0.4, 0.5) is 0 Å². The fourth-order valence-electron chi connectivity index (χ4n) is 2.05. The first-order valence-electron chi connectivity index (χ1n) is 7.33. The molecule has 0 aromatic carbocycles. The molecular weight excluding hydrogens is 228 g/mol. The van der Waals surface area contributed by atoms with Crippen molar-refractivity contribution >= 4 is 5.97 Å². The van der Waals surface area contributed by atoms with Gasteiger partial charge in [-0.2, -0.15) is 0 Å². The van der Waals surface area contributed by atoms with Crippen molar-refractivity contribution in [3.8, 4) is 0 Å². The number of hydrogen-bond acceptors (Lipinski definition) is 2. The van der Waals surface area contributed by atoms with E-state index in [4.69, 9.17) is 9.84 Å². The van der Waals surface area contributed by atoms with E-state index >= 15 is 0 Å². The molecule has 1 N–H and O–H groups in total. The van der Waals surface area contributed by atoms with Crippen molar-refractivity contribution in [3.63, 3.8) is 0 Å². The van der Waals surface area contributed by atoms with Gasteiger partial charge < -0.3 is 9.84 Å². The third-order valence-corrected chi connectivity index (χ3v) is 3.77. The molecule has 0 saturated heterocycles.